The first-order chi connectivity index (χ1) is 6.07. The van der Waals surface area contributed by atoms with Gasteiger partial charge in [-0.2, -0.15) is 5.10 Å². The Hall–Kier alpha value is -1.16. The summed E-state index contributed by atoms with van der Waals surface area (Å²) in [5, 5.41) is 4.17. The maximum Gasteiger partial charge on any atom is 0.167 e. The Morgan fingerprint density at radius 2 is 2.15 bits per heavy atom. The van der Waals surface area contributed by atoms with Gasteiger partial charge in [-0.1, -0.05) is 0 Å². The quantitative estimate of drug-likeness (QED) is 0.693. The zero-order chi connectivity index (χ0) is 10.0. The fraction of sp³-hybridized carbons (Fsp3) is 0.556. The van der Waals surface area contributed by atoms with Crippen LogP contribution < -0.4 is 5.73 Å². The topological polar surface area (TPSA) is 60.9 Å². The minimum absolute atomic E-state index is 0.0885. The molecule has 0 atom stereocenters. The number of ketones is 1. The lowest BCUT2D eigenvalue weighted by molar-refractivity contribution is 0.0984. The van der Waals surface area contributed by atoms with Crippen LogP contribution in [0.4, 0.5) is 0 Å². The number of aryl methyl sites for hydroxylation is 2. The van der Waals surface area contributed by atoms with Gasteiger partial charge in [-0.05, 0) is 20.4 Å². The number of hydrogen-bond acceptors (Lipinski definition) is 3. The van der Waals surface area contributed by atoms with E-state index in [0.717, 1.165) is 17.0 Å². The highest BCUT2D eigenvalue weighted by Crippen LogP contribution is 2.13. The first kappa shape index (κ1) is 9.92. The van der Waals surface area contributed by atoms with Gasteiger partial charge in [-0.3, -0.25) is 9.48 Å². The molecule has 0 aliphatic carbocycles. The van der Waals surface area contributed by atoms with Crippen molar-refractivity contribution in [2.45, 2.75) is 20.3 Å². The summed E-state index contributed by atoms with van der Waals surface area (Å²) in [6.45, 7) is 4.13. The molecule has 4 nitrogen and oxygen atoms in total. The molecule has 0 aliphatic heterocycles. The van der Waals surface area contributed by atoms with Gasteiger partial charge in [0.25, 0.3) is 0 Å². The Kier molecular flexibility index (Phi) is 2.83. The molecule has 1 rings (SSSR count). The molecule has 13 heavy (non-hydrogen) atoms. The second-order valence-corrected chi connectivity index (χ2v) is 3.13. The third-order valence-electron chi connectivity index (χ3n) is 2.16. The molecule has 4 heteroatoms. The summed E-state index contributed by atoms with van der Waals surface area (Å²) < 4.78 is 1.72. The van der Waals surface area contributed by atoms with E-state index in [4.69, 9.17) is 5.73 Å². The van der Waals surface area contributed by atoms with Gasteiger partial charge in [0.1, 0.15) is 0 Å². The Bertz CT molecular complexity index is 328. The van der Waals surface area contributed by atoms with Crippen molar-refractivity contribution in [1.82, 2.24) is 9.78 Å². The molecule has 0 bridgehead atoms. The van der Waals surface area contributed by atoms with Crippen molar-refractivity contribution in [3.8, 4) is 0 Å². The van der Waals surface area contributed by atoms with Crippen molar-refractivity contribution in [2.75, 3.05) is 6.54 Å². The smallest absolute Gasteiger partial charge is 0.167 e. The molecule has 0 amide bonds. The van der Waals surface area contributed by atoms with Crippen LogP contribution in [0.25, 0.3) is 0 Å². The number of nitrogens with two attached hydrogens (primary N) is 1. The Morgan fingerprint density at radius 1 is 1.54 bits per heavy atom. The molecule has 0 saturated heterocycles. The van der Waals surface area contributed by atoms with Gasteiger partial charge in [-0.25, -0.2) is 0 Å². The summed E-state index contributed by atoms with van der Waals surface area (Å²) in [5.74, 6) is 0.0885. The lowest BCUT2D eigenvalue weighted by atomic mass is 10.1. The van der Waals surface area contributed by atoms with Crippen molar-refractivity contribution in [2.24, 2.45) is 12.8 Å². The van der Waals surface area contributed by atoms with Gasteiger partial charge < -0.3 is 5.73 Å². The van der Waals surface area contributed by atoms with E-state index in [2.05, 4.69) is 5.10 Å². The second-order valence-electron chi connectivity index (χ2n) is 3.13. The van der Waals surface area contributed by atoms with Crippen molar-refractivity contribution in [1.29, 1.82) is 0 Å². The monoisotopic (exact) mass is 181 g/mol. The molecule has 0 saturated carbocycles. The van der Waals surface area contributed by atoms with Gasteiger partial charge in [0.2, 0.25) is 0 Å². The van der Waals surface area contributed by atoms with E-state index in [9.17, 15) is 4.79 Å². The van der Waals surface area contributed by atoms with Crippen LogP contribution >= 0.6 is 0 Å². The molecule has 0 aromatic carbocycles. The normalized spacial score (nSPS) is 10.5. The number of carbonyl (C=O) groups excluding carboxylic acids is 1. The summed E-state index contributed by atoms with van der Waals surface area (Å²) in [7, 11) is 1.83. The van der Waals surface area contributed by atoms with E-state index < -0.39 is 0 Å². The molecule has 1 aromatic rings. The Labute approximate surface area is 77.7 Å². The van der Waals surface area contributed by atoms with Crippen LogP contribution in [0, 0.1) is 13.8 Å². The molecule has 72 valence electrons. The number of Topliss-reactive ketones (excluding diaryl/α,β-unsaturated/α-hetero) is 1. The minimum atomic E-state index is 0.0885. The SMILES string of the molecule is Cc1nn(C)c(C)c1C(=O)CCN. The Morgan fingerprint density at radius 3 is 2.54 bits per heavy atom. The molecular formula is C9H15N3O. The first-order valence-corrected chi connectivity index (χ1v) is 4.31. The van der Waals surface area contributed by atoms with Crippen LogP contribution in [0.15, 0.2) is 0 Å². The fourth-order valence-electron chi connectivity index (χ4n) is 1.43. The summed E-state index contributed by atoms with van der Waals surface area (Å²) >= 11 is 0. The van der Waals surface area contributed by atoms with Crippen LogP contribution in [0.5, 0.6) is 0 Å². The molecule has 1 aromatic heterocycles. The average molecular weight is 181 g/mol. The van der Waals surface area contributed by atoms with Gasteiger partial charge in [0, 0.05) is 19.2 Å². The van der Waals surface area contributed by atoms with E-state index >= 15 is 0 Å². The molecule has 0 aliphatic rings. The summed E-state index contributed by atoms with van der Waals surface area (Å²) in [4.78, 5) is 11.6. The van der Waals surface area contributed by atoms with Gasteiger partial charge in [-0.15, -0.1) is 0 Å². The van der Waals surface area contributed by atoms with Gasteiger partial charge in [0.15, 0.2) is 5.78 Å². The van der Waals surface area contributed by atoms with E-state index in [1.807, 2.05) is 20.9 Å². The van der Waals surface area contributed by atoms with Crippen LogP contribution in [-0.4, -0.2) is 22.1 Å². The van der Waals surface area contributed by atoms with Gasteiger partial charge in [0.05, 0.1) is 11.3 Å². The average Bonchev–Trinajstić information content (AvgIpc) is 2.27. The van der Waals surface area contributed by atoms with Crippen LogP contribution in [0.1, 0.15) is 28.2 Å². The molecular weight excluding hydrogens is 166 g/mol. The number of hydrogen-bond donors (Lipinski definition) is 1. The fourth-order valence-corrected chi connectivity index (χ4v) is 1.43. The summed E-state index contributed by atoms with van der Waals surface area (Å²) in [6.07, 6.45) is 0.396. The second kappa shape index (κ2) is 3.70. The highest BCUT2D eigenvalue weighted by atomic mass is 16.1. The Balaban J connectivity index is 3.06. The number of carbonyl (C=O) groups is 1. The maximum atomic E-state index is 11.6. The van der Waals surface area contributed by atoms with Crippen LogP contribution in [-0.2, 0) is 7.05 Å². The minimum Gasteiger partial charge on any atom is -0.330 e. The third kappa shape index (κ3) is 1.78. The largest absolute Gasteiger partial charge is 0.330 e. The van der Waals surface area contributed by atoms with Crippen molar-refractivity contribution < 1.29 is 4.79 Å². The maximum absolute atomic E-state index is 11.6. The van der Waals surface area contributed by atoms with Crippen molar-refractivity contribution in [3.05, 3.63) is 17.0 Å². The van der Waals surface area contributed by atoms with Crippen LogP contribution in [0.2, 0.25) is 0 Å². The number of nitrogens with zero attached hydrogens (tertiary/aromatic N) is 2. The standard InChI is InChI=1S/C9H15N3O/c1-6-9(8(13)4-5-10)7(2)12(3)11-6/h4-5,10H2,1-3H3. The zero-order valence-electron chi connectivity index (χ0n) is 8.29. The molecule has 1 heterocycles. The zero-order valence-corrected chi connectivity index (χ0v) is 8.29. The van der Waals surface area contributed by atoms with E-state index in [-0.39, 0.29) is 5.78 Å². The molecule has 0 spiro atoms. The summed E-state index contributed by atoms with van der Waals surface area (Å²) in [5.41, 5.74) is 7.76. The molecule has 0 radical (unpaired) electrons. The van der Waals surface area contributed by atoms with Crippen molar-refractivity contribution >= 4 is 5.78 Å². The van der Waals surface area contributed by atoms with E-state index in [1.165, 1.54) is 0 Å². The molecule has 2 N–H and O–H groups in total. The third-order valence-corrected chi connectivity index (χ3v) is 2.16. The van der Waals surface area contributed by atoms with Crippen LogP contribution in [0.3, 0.4) is 0 Å². The predicted molar refractivity (Wildman–Crippen MR) is 50.7 cm³/mol. The molecule has 0 fully saturated rings. The number of aromatic nitrogens is 2. The molecule has 0 unspecified atom stereocenters. The number of rotatable bonds is 3. The lowest BCUT2D eigenvalue weighted by Crippen LogP contribution is -2.09. The van der Waals surface area contributed by atoms with Gasteiger partial charge >= 0.3 is 0 Å². The highest BCUT2D eigenvalue weighted by Gasteiger charge is 2.15. The van der Waals surface area contributed by atoms with Crippen molar-refractivity contribution in [3.63, 3.8) is 0 Å². The summed E-state index contributed by atoms with van der Waals surface area (Å²) in [6, 6.07) is 0. The predicted octanol–water partition coefficient (Wildman–Crippen LogP) is 0.568. The lowest BCUT2D eigenvalue weighted by Gasteiger charge is -1.98. The highest BCUT2D eigenvalue weighted by molar-refractivity contribution is 5.98. The van der Waals surface area contributed by atoms with E-state index in [1.54, 1.807) is 4.68 Å². The first-order valence-electron chi connectivity index (χ1n) is 4.31. The van der Waals surface area contributed by atoms with E-state index in [0.29, 0.717) is 13.0 Å².